The smallest absolute Gasteiger partial charge is 0.00901 e. The van der Waals surface area contributed by atoms with Crippen molar-refractivity contribution in [1.82, 2.24) is 4.90 Å². The third-order valence-corrected chi connectivity index (χ3v) is 17.1. The highest BCUT2D eigenvalue weighted by Crippen LogP contribution is 2.87. The van der Waals surface area contributed by atoms with E-state index < -0.39 is 0 Å². The Morgan fingerprint density at radius 1 is 0.744 bits per heavy atom. The van der Waals surface area contributed by atoms with Crippen molar-refractivity contribution in [3.8, 4) is 0 Å². The first-order chi connectivity index (χ1) is 20.7. The minimum absolute atomic E-state index is 0.556. The van der Waals surface area contributed by atoms with E-state index in [0.717, 1.165) is 64.2 Å². The summed E-state index contributed by atoms with van der Waals surface area (Å²) in [6.45, 7) is 22.4. The van der Waals surface area contributed by atoms with Crippen molar-refractivity contribution in [1.29, 1.82) is 0 Å². The Hall–Kier alpha value is -0.0400. The topological polar surface area (TPSA) is 3.24 Å². The van der Waals surface area contributed by atoms with Crippen LogP contribution in [0.2, 0.25) is 0 Å². The van der Waals surface area contributed by atoms with Crippen molar-refractivity contribution in [3.05, 3.63) is 0 Å². The van der Waals surface area contributed by atoms with Crippen LogP contribution >= 0.6 is 0 Å². The van der Waals surface area contributed by atoms with Crippen molar-refractivity contribution in [2.45, 2.75) is 183 Å². The fourth-order valence-electron chi connectivity index (χ4n) is 15.0. The van der Waals surface area contributed by atoms with Gasteiger partial charge in [0.25, 0.3) is 0 Å². The molecule has 7 fully saturated rings. The zero-order valence-corrected chi connectivity index (χ0v) is 30.5. The maximum atomic E-state index is 2.90. The van der Waals surface area contributed by atoms with Crippen LogP contribution in [0.5, 0.6) is 0 Å². The van der Waals surface area contributed by atoms with E-state index in [9.17, 15) is 0 Å². The molecule has 0 aromatic carbocycles. The van der Waals surface area contributed by atoms with Gasteiger partial charge < -0.3 is 4.90 Å². The minimum Gasteiger partial charge on any atom is -0.300 e. The molecule has 43 heavy (non-hydrogen) atoms. The molecule has 11 atom stereocenters. The Labute approximate surface area is 269 Å². The van der Waals surface area contributed by atoms with Crippen LogP contribution in [0.15, 0.2) is 0 Å². The van der Waals surface area contributed by atoms with Gasteiger partial charge in [0, 0.05) is 12.6 Å². The third kappa shape index (κ3) is 5.16. The molecule has 1 heterocycles. The monoisotopic (exact) mass is 594 g/mol. The average molecular weight is 594 g/mol. The summed E-state index contributed by atoms with van der Waals surface area (Å²) in [4.78, 5) is 2.90. The number of rotatable bonds is 8. The number of fused-ring (bicyclic) bond motifs is 4. The van der Waals surface area contributed by atoms with Gasteiger partial charge in [-0.15, -0.1) is 0 Å². The van der Waals surface area contributed by atoms with Gasteiger partial charge in [-0.1, -0.05) is 81.1 Å². The Balaban J connectivity index is 0.00000161. The van der Waals surface area contributed by atoms with Gasteiger partial charge in [-0.05, 0) is 172 Å². The molecular formula is C42H75N. The van der Waals surface area contributed by atoms with Crippen LogP contribution in [-0.4, -0.2) is 24.0 Å². The Kier molecular flexibility index (Phi) is 9.58. The SMILES string of the molecule is CC.CCCCC1CCC2C(C1)CC1C3CCC4C(C)(C)C(CC5CCCN(C(CC)CC)C5)CCC45CC35CCC21C. The lowest BCUT2D eigenvalue weighted by Crippen LogP contribution is -2.53. The fourth-order valence-corrected chi connectivity index (χ4v) is 15.0. The van der Waals surface area contributed by atoms with Crippen LogP contribution in [0.3, 0.4) is 0 Å². The molecule has 0 bridgehead atoms. The van der Waals surface area contributed by atoms with Gasteiger partial charge in [-0.25, -0.2) is 0 Å². The summed E-state index contributed by atoms with van der Waals surface area (Å²) in [6, 6.07) is 0.834. The van der Waals surface area contributed by atoms with Gasteiger partial charge in [0.2, 0.25) is 0 Å². The highest BCUT2D eigenvalue weighted by Gasteiger charge is 2.80. The molecule has 0 radical (unpaired) electrons. The highest BCUT2D eigenvalue weighted by molar-refractivity contribution is 5.28. The first kappa shape index (κ1) is 32.9. The van der Waals surface area contributed by atoms with Crippen LogP contribution < -0.4 is 0 Å². The van der Waals surface area contributed by atoms with Gasteiger partial charge in [0.15, 0.2) is 0 Å². The molecule has 1 nitrogen and oxygen atoms in total. The average Bonchev–Trinajstić information content (AvgIpc) is 3.59. The molecule has 248 valence electrons. The standard InChI is InChI=1S/C40H69N.C2H6/c1-7-10-12-28-14-15-33-30(23-28)25-35-34-16-17-36-37(4,5)31(24-29-13-11-22-41(26-29)32(8-2)9-3)18-19-40(36)27-39(34,40)21-20-38(33,35)6;1-2/h28-36H,7-27H2,1-6H3;1-2H3. The van der Waals surface area contributed by atoms with Crippen molar-refractivity contribution in [2.24, 2.45) is 69.0 Å². The Morgan fingerprint density at radius 3 is 2.26 bits per heavy atom. The van der Waals surface area contributed by atoms with Crippen LogP contribution in [0, 0.1) is 69.0 Å². The summed E-state index contributed by atoms with van der Waals surface area (Å²) in [6.07, 6.45) is 29.2. The van der Waals surface area contributed by atoms with E-state index in [1.54, 1.807) is 70.6 Å². The number of nitrogens with zero attached hydrogens (tertiary/aromatic N) is 1. The molecule has 1 saturated heterocycles. The number of piperidine rings is 1. The summed E-state index contributed by atoms with van der Waals surface area (Å²) < 4.78 is 0. The molecule has 0 aromatic heterocycles. The molecule has 7 aliphatic rings. The lowest BCUT2D eigenvalue weighted by atomic mass is 9.44. The second-order valence-corrected chi connectivity index (χ2v) is 18.5. The predicted octanol–water partition coefficient (Wildman–Crippen LogP) is 12.2. The summed E-state index contributed by atoms with van der Waals surface area (Å²) in [7, 11) is 0. The van der Waals surface area contributed by atoms with Crippen LogP contribution in [0.1, 0.15) is 177 Å². The molecule has 2 spiro atoms. The van der Waals surface area contributed by atoms with Crippen molar-refractivity contribution in [3.63, 3.8) is 0 Å². The normalized spacial score (nSPS) is 48.2. The summed E-state index contributed by atoms with van der Waals surface area (Å²) >= 11 is 0. The molecular weight excluding hydrogens is 518 g/mol. The van der Waals surface area contributed by atoms with E-state index in [0.29, 0.717) is 10.8 Å². The van der Waals surface area contributed by atoms with Gasteiger partial charge in [0.1, 0.15) is 0 Å². The molecule has 1 aliphatic heterocycles. The van der Waals surface area contributed by atoms with E-state index >= 15 is 0 Å². The second-order valence-electron chi connectivity index (χ2n) is 18.5. The predicted molar refractivity (Wildman–Crippen MR) is 186 cm³/mol. The molecule has 0 N–H and O–H groups in total. The number of hydrogen-bond acceptors (Lipinski definition) is 1. The number of likely N-dealkylation sites (tertiary alicyclic amines) is 1. The largest absolute Gasteiger partial charge is 0.300 e. The summed E-state index contributed by atoms with van der Waals surface area (Å²) in [5.41, 5.74) is 2.78. The molecule has 0 aromatic rings. The maximum Gasteiger partial charge on any atom is 0.00901 e. The zero-order chi connectivity index (χ0) is 30.6. The Bertz CT molecular complexity index is 933. The fraction of sp³-hybridized carbons (Fsp3) is 1.00. The molecule has 6 saturated carbocycles. The number of hydrogen-bond donors (Lipinski definition) is 0. The van der Waals surface area contributed by atoms with E-state index in [4.69, 9.17) is 0 Å². The second kappa shape index (κ2) is 12.5. The lowest BCUT2D eigenvalue weighted by Gasteiger charge is -2.60. The van der Waals surface area contributed by atoms with E-state index in [-0.39, 0.29) is 0 Å². The van der Waals surface area contributed by atoms with E-state index in [1.165, 1.54) is 64.5 Å². The van der Waals surface area contributed by atoms with Crippen molar-refractivity contribution < 1.29 is 0 Å². The summed E-state index contributed by atoms with van der Waals surface area (Å²) in [5, 5.41) is 0. The van der Waals surface area contributed by atoms with Gasteiger partial charge in [-0.3, -0.25) is 0 Å². The summed E-state index contributed by atoms with van der Waals surface area (Å²) in [5.74, 6) is 8.37. The molecule has 6 aliphatic carbocycles. The van der Waals surface area contributed by atoms with Gasteiger partial charge >= 0.3 is 0 Å². The number of unbranched alkanes of at least 4 members (excludes halogenated alkanes) is 1. The van der Waals surface area contributed by atoms with Crippen LogP contribution in [0.25, 0.3) is 0 Å². The van der Waals surface area contributed by atoms with Crippen LogP contribution in [0.4, 0.5) is 0 Å². The minimum atomic E-state index is 0.556. The van der Waals surface area contributed by atoms with Crippen molar-refractivity contribution >= 4 is 0 Å². The molecule has 1 heteroatoms. The quantitative estimate of drug-likeness (QED) is 0.270. The van der Waals surface area contributed by atoms with E-state index in [1.807, 2.05) is 13.8 Å². The first-order valence-electron chi connectivity index (χ1n) is 20.5. The molecule has 11 unspecified atom stereocenters. The zero-order valence-electron chi connectivity index (χ0n) is 30.5. The van der Waals surface area contributed by atoms with Crippen molar-refractivity contribution in [2.75, 3.05) is 13.1 Å². The molecule has 0 amide bonds. The third-order valence-electron chi connectivity index (χ3n) is 17.1. The van der Waals surface area contributed by atoms with Crippen LogP contribution in [-0.2, 0) is 0 Å². The first-order valence-corrected chi connectivity index (χ1v) is 20.5. The Morgan fingerprint density at radius 2 is 1.51 bits per heavy atom. The van der Waals surface area contributed by atoms with Gasteiger partial charge in [0.05, 0.1) is 0 Å². The van der Waals surface area contributed by atoms with E-state index in [2.05, 4.69) is 46.4 Å². The van der Waals surface area contributed by atoms with Gasteiger partial charge in [-0.2, -0.15) is 0 Å². The highest BCUT2D eigenvalue weighted by atomic mass is 15.2. The molecule has 7 rings (SSSR count). The maximum absolute atomic E-state index is 2.90. The lowest BCUT2D eigenvalue weighted by molar-refractivity contribution is -0.115.